The summed E-state index contributed by atoms with van der Waals surface area (Å²) < 4.78 is 0. The van der Waals surface area contributed by atoms with E-state index in [0.717, 1.165) is 11.4 Å². The number of para-hydroxylation sites is 1. The molecule has 1 nitrogen and oxygen atoms in total. The molecule has 0 saturated carbocycles. The SMILES string of the molecule is CCC(Nc1ccccc1C(C)C)c1cccc(Cl)c1. The zero-order valence-corrected chi connectivity index (χ0v) is 13.1. The zero-order chi connectivity index (χ0) is 14.5. The van der Waals surface area contributed by atoms with Gasteiger partial charge in [-0.15, -0.1) is 0 Å². The van der Waals surface area contributed by atoms with E-state index >= 15 is 0 Å². The Hall–Kier alpha value is -1.47. The quantitative estimate of drug-likeness (QED) is 0.708. The maximum Gasteiger partial charge on any atom is 0.0511 e. The van der Waals surface area contributed by atoms with Gasteiger partial charge in [-0.3, -0.25) is 0 Å². The highest BCUT2D eigenvalue weighted by Gasteiger charge is 2.12. The Morgan fingerprint density at radius 1 is 1.05 bits per heavy atom. The first-order chi connectivity index (χ1) is 9.61. The molecule has 0 aliphatic heterocycles. The van der Waals surface area contributed by atoms with Crippen LogP contribution in [-0.2, 0) is 0 Å². The van der Waals surface area contributed by atoms with Crippen molar-refractivity contribution in [2.75, 3.05) is 5.32 Å². The maximum atomic E-state index is 6.10. The van der Waals surface area contributed by atoms with E-state index in [1.54, 1.807) is 0 Å². The molecular weight excluding hydrogens is 266 g/mol. The van der Waals surface area contributed by atoms with Crippen LogP contribution < -0.4 is 5.32 Å². The molecule has 0 aliphatic carbocycles. The number of benzene rings is 2. The van der Waals surface area contributed by atoms with Gasteiger partial charge in [-0.05, 0) is 41.7 Å². The standard InChI is InChI=1S/C18H22ClN/c1-4-17(14-8-7-9-15(19)12-14)20-18-11-6-5-10-16(18)13(2)3/h5-13,17,20H,4H2,1-3H3. The van der Waals surface area contributed by atoms with Crippen LogP contribution in [0.5, 0.6) is 0 Å². The fourth-order valence-electron chi connectivity index (χ4n) is 2.46. The predicted octanol–water partition coefficient (Wildman–Crippen LogP) is 6.03. The molecule has 106 valence electrons. The summed E-state index contributed by atoms with van der Waals surface area (Å²) >= 11 is 6.10. The summed E-state index contributed by atoms with van der Waals surface area (Å²) in [6.07, 6.45) is 1.02. The van der Waals surface area contributed by atoms with Crippen molar-refractivity contribution >= 4 is 17.3 Å². The smallest absolute Gasteiger partial charge is 0.0511 e. The molecule has 2 aromatic carbocycles. The van der Waals surface area contributed by atoms with Crippen molar-refractivity contribution in [3.8, 4) is 0 Å². The Labute approximate surface area is 127 Å². The minimum atomic E-state index is 0.286. The van der Waals surface area contributed by atoms with Gasteiger partial charge in [-0.1, -0.05) is 62.7 Å². The van der Waals surface area contributed by atoms with E-state index in [2.05, 4.69) is 56.4 Å². The molecule has 2 heteroatoms. The maximum absolute atomic E-state index is 6.10. The first-order valence-electron chi connectivity index (χ1n) is 7.22. The van der Waals surface area contributed by atoms with Gasteiger partial charge in [-0.2, -0.15) is 0 Å². The van der Waals surface area contributed by atoms with Crippen LogP contribution in [0.4, 0.5) is 5.69 Å². The van der Waals surface area contributed by atoms with Crippen molar-refractivity contribution in [2.24, 2.45) is 0 Å². The molecule has 2 aromatic rings. The highest BCUT2D eigenvalue weighted by molar-refractivity contribution is 6.30. The lowest BCUT2D eigenvalue weighted by Gasteiger charge is -2.22. The van der Waals surface area contributed by atoms with Crippen LogP contribution in [0.25, 0.3) is 0 Å². The monoisotopic (exact) mass is 287 g/mol. The largest absolute Gasteiger partial charge is 0.378 e. The normalized spacial score (nSPS) is 12.4. The number of hydrogen-bond acceptors (Lipinski definition) is 1. The van der Waals surface area contributed by atoms with Crippen LogP contribution >= 0.6 is 11.6 Å². The molecule has 0 radical (unpaired) electrons. The van der Waals surface area contributed by atoms with Gasteiger partial charge in [0, 0.05) is 10.7 Å². The van der Waals surface area contributed by atoms with E-state index in [9.17, 15) is 0 Å². The van der Waals surface area contributed by atoms with Crippen molar-refractivity contribution in [1.29, 1.82) is 0 Å². The van der Waals surface area contributed by atoms with E-state index in [-0.39, 0.29) is 6.04 Å². The minimum absolute atomic E-state index is 0.286. The molecule has 0 aromatic heterocycles. The summed E-state index contributed by atoms with van der Waals surface area (Å²) in [6.45, 7) is 6.64. The summed E-state index contributed by atoms with van der Waals surface area (Å²) in [5, 5.41) is 4.46. The third-order valence-corrected chi connectivity index (χ3v) is 3.81. The second kappa shape index (κ2) is 6.81. The van der Waals surface area contributed by atoms with Crippen LogP contribution in [0.15, 0.2) is 48.5 Å². The van der Waals surface area contributed by atoms with E-state index in [4.69, 9.17) is 11.6 Å². The van der Waals surface area contributed by atoms with Gasteiger partial charge in [0.15, 0.2) is 0 Å². The van der Waals surface area contributed by atoms with Gasteiger partial charge in [-0.25, -0.2) is 0 Å². The molecule has 1 unspecified atom stereocenters. The van der Waals surface area contributed by atoms with Gasteiger partial charge < -0.3 is 5.32 Å². The van der Waals surface area contributed by atoms with E-state index in [1.165, 1.54) is 16.8 Å². The van der Waals surface area contributed by atoms with Crippen molar-refractivity contribution < 1.29 is 0 Å². The van der Waals surface area contributed by atoms with E-state index in [1.807, 2.05) is 18.2 Å². The highest BCUT2D eigenvalue weighted by atomic mass is 35.5. The zero-order valence-electron chi connectivity index (χ0n) is 12.4. The van der Waals surface area contributed by atoms with Crippen LogP contribution in [0.1, 0.15) is 50.3 Å². The Bertz CT molecular complexity index is 563. The molecule has 0 aliphatic rings. The Balaban J connectivity index is 2.27. The first-order valence-corrected chi connectivity index (χ1v) is 7.60. The summed E-state index contributed by atoms with van der Waals surface area (Å²) in [6, 6.07) is 16.9. The molecule has 0 fully saturated rings. The third kappa shape index (κ3) is 3.55. The van der Waals surface area contributed by atoms with Gasteiger partial charge in [0.2, 0.25) is 0 Å². The molecule has 0 saturated heterocycles. The summed E-state index contributed by atoms with van der Waals surface area (Å²) in [5.41, 5.74) is 3.81. The first kappa shape index (κ1) is 14.9. The van der Waals surface area contributed by atoms with Gasteiger partial charge in [0.05, 0.1) is 6.04 Å². The van der Waals surface area contributed by atoms with E-state index < -0.39 is 0 Å². The molecule has 0 amide bonds. The van der Waals surface area contributed by atoms with Crippen LogP contribution in [-0.4, -0.2) is 0 Å². The topological polar surface area (TPSA) is 12.0 Å². The number of anilines is 1. The lowest BCUT2D eigenvalue weighted by Crippen LogP contribution is -2.11. The van der Waals surface area contributed by atoms with Crippen LogP contribution in [0.3, 0.4) is 0 Å². The third-order valence-electron chi connectivity index (χ3n) is 3.57. The average Bonchev–Trinajstić information content (AvgIpc) is 2.45. The fourth-order valence-corrected chi connectivity index (χ4v) is 2.66. The summed E-state index contributed by atoms with van der Waals surface area (Å²) in [7, 11) is 0. The Morgan fingerprint density at radius 3 is 2.45 bits per heavy atom. The molecular formula is C18H22ClN. The van der Waals surface area contributed by atoms with Crippen molar-refractivity contribution in [1.82, 2.24) is 0 Å². The van der Waals surface area contributed by atoms with Gasteiger partial charge >= 0.3 is 0 Å². The Morgan fingerprint density at radius 2 is 1.80 bits per heavy atom. The summed E-state index contributed by atoms with van der Waals surface area (Å²) in [5.74, 6) is 0.510. The number of hydrogen-bond donors (Lipinski definition) is 1. The average molecular weight is 288 g/mol. The fraction of sp³-hybridized carbons (Fsp3) is 0.333. The molecule has 0 heterocycles. The lowest BCUT2D eigenvalue weighted by molar-refractivity contribution is 0.743. The summed E-state index contributed by atoms with van der Waals surface area (Å²) in [4.78, 5) is 0. The van der Waals surface area contributed by atoms with Crippen molar-refractivity contribution in [3.05, 3.63) is 64.7 Å². The molecule has 20 heavy (non-hydrogen) atoms. The molecule has 2 rings (SSSR count). The highest BCUT2D eigenvalue weighted by Crippen LogP contribution is 2.29. The molecule has 1 atom stereocenters. The lowest BCUT2D eigenvalue weighted by atomic mass is 9.99. The van der Waals surface area contributed by atoms with Gasteiger partial charge in [0.25, 0.3) is 0 Å². The number of nitrogens with one attached hydrogen (secondary N) is 1. The molecule has 0 spiro atoms. The second-order valence-electron chi connectivity index (χ2n) is 5.40. The van der Waals surface area contributed by atoms with Crippen LogP contribution in [0.2, 0.25) is 5.02 Å². The molecule has 1 N–H and O–H groups in total. The Kier molecular flexibility index (Phi) is 5.08. The van der Waals surface area contributed by atoms with E-state index in [0.29, 0.717) is 5.92 Å². The van der Waals surface area contributed by atoms with Crippen molar-refractivity contribution in [3.63, 3.8) is 0 Å². The number of rotatable bonds is 5. The minimum Gasteiger partial charge on any atom is -0.378 e. The predicted molar refractivity (Wildman–Crippen MR) is 88.6 cm³/mol. The molecule has 0 bridgehead atoms. The van der Waals surface area contributed by atoms with Crippen molar-refractivity contribution in [2.45, 2.75) is 39.2 Å². The van der Waals surface area contributed by atoms with Gasteiger partial charge in [0.1, 0.15) is 0 Å². The second-order valence-corrected chi connectivity index (χ2v) is 5.84. The number of halogens is 1. The van der Waals surface area contributed by atoms with Crippen LogP contribution in [0, 0.1) is 0 Å².